The molecule has 92 valence electrons. The third-order valence-corrected chi connectivity index (χ3v) is 3.70. The summed E-state index contributed by atoms with van der Waals surface area (Å²) in [4.78, 5) is 8.52. The van der Waals surface area contributed by atoms with E-state index in [4.69, 9.17) is 0 Å². The van der Waals surface area contributed by atoms with Crippen molar-refractivity contribution in [2.24, 2.45) is 0 Å². The molecule has 1 N–H and O–H groups in total. The Hall–Kier alpha value is -2.54. The number of aromatic amines is 1. The van der Waals surface area contributed by atoms with E-state index in [9.17, 15) is 0 Å². The summed E-state index contributed by atoms with van der Waals surface area (Å²) in [5.74, 6) is 0. The third kappa shape index (κ3) is 1.63. The Bertz CT molecular complexity index is 829. The van der Waals surface area contributed by atoms with Crippen LogP contribution in [0.2, 0.25) is 0 Å². The molecule has 3 heterocycles. The Morgan fingerprint density at radius 3 is 3.16 bits per heavy atom. The van der Waals surface area contributed by atoms with Crippen LogP contribution < -0.4 is 0 Å². The molecule has 4 aromatic rings. The average molecular weight is 268 g/mol. The van der Waals surface area contributed by atoms with Gasteiger partial charge in [-0.15, -0.1) is 11.3 Å². The lowest BCUT2D eigenvalue weighted by Gasteiger charge is -1.98. The molecule has 3 aromatic heterocycles. The molecule has 0 aliphatic heterocycles. The molecule has 0 radical (unpaired) electrons. The van der Waals surface area contributed by atoms with E-state index in [2.05, 4.69) is 25.3 Å². The fourth-order valence-corrected chi connectivity index (χ4v) is 2.74. The van der Waals surface area contributed by atoms with Crippen LogP contribution in [0.1, 0.15) is 0 Å². The van der Waals surface area contributed by atoms with Crippen LogP contribution in [-0.4, -0.2) is 29.9 Å². The second-order valence-corrected chi connectivity index (χ2v) is 4.83. The molecule has 0 unspecified atom stereocenters. The van der Waals surface area contributed by atoms with Crippen LogP contribution in [0.15, 0.2) is 42.4 Å². The van der Waals surface area contributed by atoms with Gasteiger partial charge >= 0.3 is 0 Å². The fraction of sp³-hybridized carbons (Fsp3) is 0. The number of rotatable bonds is 2. The van der Waals surface area contributed by atoms with E-state index in [0.717, 1.165) is 27.3 Å². The second-order valence-electron chi connectivity index (χ2n) is 3.99. The van der Waals surface area contributed by atoms with E-state index >= 15 is 0 Å². The van der Waals surface area contributed by atoms with Gasteiger partial charge in [0.2, 0.25) is 5.13 Å². The molecule has 0 bridgehead atoms. The number of benzene rings is 1. The van der Waals surface area contributed by atoms with Crippen molar-refractivity contribution in [2.45, 2.75) is 0 Å². The third-order valence-electron chi connectivity index (χ3n) is 2.87. The Balaban J connectivity index is 1.87. The van der Waals surface area contributed by atoms with E-state index in [1.54, 1.807) is 11.0 Å². The highest BCUT2D eigenvalue weighted by molar-refractivity contribution is 7.12. The summed E-state index contributed by atoms with van der Waals surface area (Å²) in [7, 11) is 0. The zero-order chi connectivity index (χ0) is 12.7. The minimum Gasteiger partial charge on any atom is -0.278 e. The predicted octanol–water partition coefficient (Wildman–Crippen LogP) is 2.27. The molecular formula is C12H8N6S. The van der Waals surface area contributed by atoms with Crippen LogP contribution in [0.25, 0.3) is 27.3 Å². The van der Waals surface area contributed by atoms with Gasteiger partial charge in [0.1, 0.15) is 12.7 Å². The monoisotopic (exact) mass is 268 g/mol. The van der Waals surface area contributed by atoms with Crippen molar-refractivity contribution in [3.63, 3.8) is 0 Å². The van der Waals surface area contributed by atoms with E-state index in [-0.39, 0.29) is 0 Å². The van der Waals surface area contributed by atoms with Gasteiger partial charge in [0.05, 0.1) is 17.4 Å². The average Bonchev–Trinajstić information content (AvgIpc) is 3.18. The normalized spacial score (nSPS) is 11.2. The topological polar surface area (TPSA) is 72.3 Å². The number of fused-ring (bicyclic) bond motifs is 1. The van der Waals surface area contributed by atoms with Crippen LogP contribution in [0, 0.1) is 0 Å². The molecule has 0 amide bonds. The minimum absolute atomic E-state index is 0.799. The van der Waals surface area contributed by atoms with Crippen molar-refractivity contribution in [3.8, 4) is 16.4 Å². The van der Waals surface area contributed by atoms with Crippen LogP contribution >= 0.6 is 11.3 Å². The van der Waals surface area contributed by atoms with Crippen LogP contribution in [0.4, 0.5) is 0 Å². The van der Waals surface area contributed by atoms with Crippen LogP contribution in [-0.2, 0) is 0 Å². The highest BCUT2D eigenvalue weighted by Crippen LogP contribution is 2.29. The van der Waals surface area contributed by atoms with Gasteiger partial charge in [-0.2, -0.15) is 14.9 Å². The maximum absolute atomic E-state index is 4.59. The van der Waals surface area contributed by atoms with Gasteiger partial charge in [-0.1, -0.05) is 12.1 Å². The Kier molecular flexibility index (Phi) is 2.18. The van der Waals surface area contributed by atoms with Gasteiger partial charge in [0, 0.05) is 16.3 Å². The number of hydrogen-bond acceptors (Lipinski definition) is 5. The highest BCUT2D eigenvalue weighted by Gasteiger charge is 2.10. The fourth-order valence-electron chi connectivity index (χ4n) is 1.99. The van der Waals surface area contributed by atoms with Crippen molar-refractivity contribution in [3.05, 3.63) is 42.4 Å². The maximum atomic E-state index is 4.59. The summed E-state index contributed by atoms with van der Waals surface area (Å²) in [6.45, 7) is 0. The Labute approximate surface area is 111 Å². The first-order valence-electron chi connectivity index (χ1n) is 5.65. The molecule has 0 spiro atoms. The van der Waals surface area contributed by atoms with Crippen molar-refractivity contribution in [2.75, 3.05) is 0 Å². The molecule has 0 fully saturated rings. The number of H-pyrrole nitrogens is 1. The molecule has 0 aliphatic rings. The number of thiazole rings is 1. The van der Waals surface area contributed by atoms with Gasteiger partial charge < -0.3 is 0 Å². The molecule has 0 aliphatic carbocycles. The van der Waals surface area contributed by atoms with Gasteiger partial charge in [-0.25, -0.2) is 9.97 Å². The molecule has 19 heavy (non-hydrogen) atoms. The summed E-state index contributed by atoms with van der Waals surface area (Å²) in [5, 5.41) is 15.0. The first-order chi connectivity index (χ1) is 9.42. The Morgan fingerprint density at radius 1 is 1.26 bits per heavy atom. The second kappa shape index (κ2) is 3.99. The molecule has 7 heteroatoms. The molecule has 0 saturated carbocycles. The molecule has 0 saturated heterocycles. The summed E-state index contributed by atoms with van der Waals surface area (Å²) in [6, 6.07) is 6.03. The quantitative estimate of drug-likeness (QED) is 0.605. The molecule has 6 nitrogen and oxygen atoms in total. The van der Waals surface area contributed by atoms with Crippen LogP contribution in [0.5, 0.6) is 0 Å². The molecule has 1 aromatic carbocycles. The number of aromatic nitrogens is 6. The molecule has 0 atom stereocenters. The van der Waals surface area contributed by atoms with Crippen molar-refractivity contribution < 1.29 is 0 Å². The van der Waals surface area contributed by atoms with Crippen molar-refractivity contribution >= 4 is 22.2 Å². The first-order valence-corrected chi connectivity index (χ1v) is 6.53. The van der Waals surface area contributed by atoms with Crippen LogP contribution in [0.3, 0.4) is 0 Å². The largest absolute Gasteiger partial charge is 0.278 e. The SMILES string of the molecule is c1cc(-c2csc(-n3cncn3)n2)c2cn[nH]c2c1. The zero-order valence-electron chi connectivity index (χ0n) is 9.69. The summed E-state index contributed by atoms with van der Waals surface area (Å²) >= 11 is 1.53. The predicted molar refractivity (Wildman–Crippen MR) is 72.1 cm³/mol. The molecule has 4 rings (SSSR count). The minimum atomic E-state index is 0.799. The van der Waals surface area contributed by atoms with Gasteiger partial charge in [-0.3, -0.25) is 5.10 Å². The number of hydrogen-bond donors (Lipinski definition) is 1. The summed E-state index contributed by atoms with van der Waals surface area (Å²) in [6.07, 6.45) is 4.96. The van der Waals surface area contributed by atoms with E-state index in [1.165, 1.54) is 17.7 Å². The van der Waals surface area contributed by atoms with Crippen molar-refractivity contribution in [1.82, 2.24) is 29.9 Å². The smallest absolute Gasteiger partial charge is 0.212 e. The zero-order valence-corrected chi connectivity index (χ0v) is 10.5. The lowest BCUT2D eigenvalue weighted by atomic mass is 10.1. The number of nitrogens with zero attached hydrogens (tertiary/aromatic N) is 5. The van der Waals surface area contributed by atoms with Gasteiger partial charge in [0.15, 0.2) is 0 Å². The maximum Gasteiger partial charge on any atom is 0.212 e. The van der Waals surface area contributed by atoms with Gasteiger partial charge in [-0.05, 0) is 6.07 Å². The molecular weight excluding hydrogens is 260 g/mol. The van der Waals surface area contributed by atoms with E-state index in [0.29, 0.717) is 0 Å². The Morgan fingerprint density at radius 2 is 2.26 bits per heavy atom. The van der Waals surface area contributed by atoms with Crippen molar-refractivity contribution in [1.29, 1.82) is 0 Å². The number of nitrogens with one attached hydrogen (secondary N) is 1. The first kappa shape index (κ1) is 10.4. The standard InChI is InChI=1S/C12H8N6S/c1-2-8(9-4-14-17-10(9)3-1)11-5-19-12(16-11)18-7-13-6-15-18/h1-7H,(H,14,17). The summed E-state index contributed by atoms with van der Waals surface area (Å²) < 4.78 is 1.66. The van der Waals surface area contributed by atoms with E-state index in [1.807, 2.05) is 29.8 Å². The van der Waals surface area contributed by atoms with E-state index < -0.39 is 0 Å². The lowest BCUT2D eigenvalue weighted by Crippen LogP contribution is -1.92. The highest BCUT2D eigenvalue weighted by atomic mass is 32.1. The lowest BCUT2D eigenvalue weighted by molar-refractivity contribution is 0.869. The van der Waals surface area contributed by atoms with Gasteiger partial charge in [0.25, 0.3) is 0 Å². The summed E-state index contributed by atoms with van der Waals surface area (Å²) in [5.41, 5.74) is 2.99.